The normalized spacial score (nSPS) is 18.2. The Bertz CT molecular complexity index is 334. The van der Waals surface area contributed by atoms with Crippen LogP contribution in [0.1, 0.15) is 30.2 Å². The molecule has 0 bridgehead atoms. The third-order valence-corrected chi connectivity index (χ3v) is 4.16. The average Bonchev–Trinajstić information content (AvgIpc) is 2.93. The zero-order valence-corrected chi connectivity index (χ0v) is 11.6. The SMILES string of the molecule is ClC(CC1CC1)c1cc(Br)ccc1Br. The highest BCUT2D eigenvalue weighted by Gasteiger charge is 2.26. The largest absolute Gasteiger partial charge is 0.118 e. The Kier molecular flexibility index (Phi) is 3.56. The molecule has 0 saturated heterocycles. The molecular formula is C11H11Br2Cl. The van der Waals surface area contributed by atoms with E-state index in [1.54, 1.807) is 0 Å². The van der Waals surface area contributed by atoms with Crippen LogP contribution in [0, 0.1) is 5.92 Å². The second-order valence-corrected chi connectivity index (χ2v) is 6.11. The van der Waals surface area contributed by atoms with Crippen LogP contribution >= 0.6 is 43.5 Å². The molecule has 0 aliphatic heterocycles. The summed E-state index contributed by atoms with van der Waals surface area (Å²) in [5, 5.41) is 0.148. The molecule has 0 spiro atoms. The van der Waals surface area contributed by atoms with Crippen molar-refractivity contribution in [1.82, 2.24) is 0 Å². The van der Waals surface area contributed by atoms with Crippen molar-refractivity contribution in [3.63, 3.8) is 0 Å². The molecular weight excluding hydrogens is 327 g/mol. The van der Waals surface area contributed by atoms with E-state index >= 15 is 0 Å². The maximum atomic E-state index is 6.37. The molecule has 2 rings (SSSR count). The number of rotatable bonds is 3. The van der Waals surface area contributed by atoms with E-state index < -0.39 is 0 Å². The molecule has 1 aliphatic carbocycles. The smallest absolute Gasteiger partial charge is 0.0599 e. The van der Waals surface area contributed by atoms with Gasteiger partial charge in [-0.05, 0) is 36.1 Å². The average molecular weight is 338 g/mol. The van der Waals surface area contributed by atoms with E-state index in [4.69, 9.17) is 11.6 Å². The molecule has 1 atom stereocenters. The van der Waals surface area contributed by atoms with Crippen LogP contribution in [0.25, 0.3) is 0 Å². The Balaban J connectivity index is 2.15. The molecule has 0 amide bonds. The summed E-state index contributed by atoms with van der Waals surface area (Å²) in [7, 11) is 0. The van der Waals surface area contributed by atoms with E-state index in [1.807, 2.05) is 12.1 Å². The highest BCUT2D eigenvalue weighted by Crippen LogP contribution is 2.42. The van der Waals surface area contributed by atoms with Crippen molar-refractivity contribution in [2.24, 2.45) is 5.92 Å². The minimum absolute atomic E-state index is 0.148. The molecule has 0 heterocycles. The van der Waals surface area contributed by atoms with Crippen LogP contribution < -0.4 is 0 Å². The van der Waals surface area contributed by atoms with Crippen LogP contribution in [0.15, 0.2) is 27.1 Å². The number of hydrogen-bond donors (Lipinski definition) is 0. The Morgan fingerprint density at radius 3 is 2.71 bits per heavy atom. The molecule has 1 unspecified atom stereocenters. The molecule has 1 aliphatic rings. The van der Waals surface area contributed by atoms with Gasteiger partial charge < -0.3 is 0 Å². The lowest BCUT2D eigenvalue weighted by Crippen LogP contribution is -1.93. The molecule has 1 fully saturated rings. The summed E-state index contributed by atoms with van der Waals surface area (Å²) in [4.78, 5) is 0. The summed E-state index contributed by atoms with van der Waals surface area (Å²) in [6.07, 6.45) is 3.82. The lowest BCUT2D eigenvalue weighted by atomic mass is 10.1. The summed E-state index contributed by atoms with van der Waals surface area (Å²) in [6.45, 7) is 0. The van der Waals surface area contributed by atoms with Crippen LogP contribution in [0.5, 0.6) is 0 Å². The lowest BCUT2D eigenvalue weighted by Gasteiger charge is -2.11. The molecule has 0 aromatic heterocycles. The fourth-order valence-electron chi connectivity index (χ4n) is 1.53. The predicted octanol–water partition coefficient (Wildman–Crippen LogP) is 5.29. The Morgan fingerprint density at radius 1 is 1.36 bits per heavy atom. The fraction of sp³-hybridized carbons (Fsp3) is 0.455. The van der Waals surface area contributed by atoms with Gasteiger partial charge in [-0.3, -0.25) is 0 Å². The molecule has 14 heavy (non-hydrogen) atoms. The molecule has 76 valence electrons. The van der Waals surface area contributed by atoms with Gasteiger partial charge in [-0.2, -0.15) is 0 Å². The maximum Gasteiger partial charge on any atom is 0.0599 e. The van der Waals surface area contributed by atoms with Crippen molar-refractivity contribution in [3.05, 3.63) is 32.7 Å². The fourth-order valence-corrected chi connectivity index (χ4v) is 2.99. The van der Waals surface area contributed by atoms with Gasteiger partial charge in [-0.15, -0.1) is 11.6 Å². The third-order valence-electron chi connectivity index (χ3n) is 2.53. The topological polar surface area (TPSA) is 0 Å². The Hall–Kier alpha value is 0.470. The molecule has 0 N–H and O–H groups in total. The summed E-state index contributed by atoms with van der Waals surface area (Å²) in [5.74, 6) is 0.864. The standard InChI is InChI=1S/C11H11Br2Cl/c12-8-3-4-10(13)9(6-8)11(14)5-7-1-2-7/h3-4,6-7,11H,1-2,5H2. The zero-order chi connectivity index (χ0) is 10.1. The van der Waals surface area contributed by atoms with E-state index in [0.29, 0.717) is 0 Å². The molecule has 0 nitrogen and oxygen atoms in total. The maximum absolute atomic E-state index is 6.37. The Morgan fingerprint density at radius 2 is 2.07 bits per heavy atom. The van der Waals surface area contributed by atoms with Gasteiger partial charge in [-0.1, -0.05) is 44.7 Å². The summed E-state index contributed by atoms with van der Waals surface area (Å²) < 4.78 is 2.21. The molecule has 0 radical (unpaired) electrons. The first-order valence-electron chi connectivity index (χ1n) is 4.76. The monoisotopic (exact) mass is 336 g/mol. The second-order valence-electron chi connectivity index (χ2n) is 3.81. The highest BCUT2D eigenvalue weighted by atomic mass is 79.9. The van der Waals surface area contributed by atoms with Crippen molar-refractivity contribution in [3.8, 4) is 0 Å². The summed E-state index contributed by atoms with van der Waals surface area (Å²) in [5.41, 5.74) is 1.20. The van der Waals surface area contributed by atoms with Gasteiger partial charge in [0.2, 0.25) is 0 Å². The molecule has 1 aromatic carbocycles. The summed E-state index contributed by atoms with van der Waals surface area (Å²) in [6, 6.07) is 6.17. The van der Waals surface area contributed by atoms with Crippen molar-refractivity contribution < 1.29 is 0 Å². The number of hydrogen-bond acceptors (Lipinski definition) is 0. The van der Waals surface area contributed by atoms with Crippen molar-refractivity contribution in [2.45, 2.75) is 24.6 Å². The van der Waals surface area contributed by atoms with Crippen LogP contribution in [0.4, 0.5) is 0 Å². The highest BCUT2D eigenvalue weighted by molar-refractivity contribution is 9.11. The van der Waals surface area contributed by atoms with Gasteiger partial charge in [0.25, 0.3) is 0 Å². The first kappa shape index (κ1) is 11.0. The number of alkyl halides is 1. The third kappa shape index (κ3) is 2.74. The van der Waals surface area contributed by atoms with Crippen LogP contribution in [-0.4, -0.2) is 0 Å². The van der Waals surface area contributed by atoms with E-state index in [1.165, 1.54) is 18.4 Å². The predicted molar refractivity (Wildman–Crippen MR) is 67.8 cm³/mol. The minimum atomic E-state index is 0.148. The molecule has 3 heteroatoms. The van der Waals surface area contributed by atoms with E-state index in [9.17, 15) is 0 Å². The van der Waals surface area contributed by atoms with Crippen molar-refractivity contribution in [2.75, 3.05) is 0 Å². The number of benzene rings is 1. The van der Waals surface area contributed by atoms with Gasteiger partial charge in [-0.25, -0.2) is 0 Å². The minimum Gasteiger partial charge on any atom is -0.118 e. The van der Waals surface area contributed by atoms with E-state index in [-0.39, 0.29) is 5.38 Å². The van der Waals surface area contributed by atoms with Gasteiger partial charge in [0.1, 0.15) is 0 Å². The summed E-state index contributed by atoms with van der Waals surface area (Å²) >= 11 is 13.4. The second kappa shape index (κ2) is 4.54. The van der Waals surface area contributed by atoms with Gasteiger partial charge in [0, 0.05) is 8.95 Å². The van der Waals surface area contributed by atoms with Crippen LogP contribution in [0.2, 0.25) is 0 Å². The quantitative estimate of drug-likeness (QED) is 0.657. The van der Waals surface area contributed by atoms with Crippen molar-refractivity contribution >= 4 is 43.5 Å². The first-order chi connectivity index (χ1) is 6.66. The van der Waals surface area contributed by atoms with Crippen LogP contribution in [-0.2, 0) is 0 Å². The Labute approximate surface area is 106 Å². The lowest BCUT2D eigenvalue weighted by molar-refractivity contribution is 0.704. The van der Waals surface area contributed by atoms with Gasteiger partial charge in [0.05, 0.1) is 5.38 Å². The van der Waals surface area contributed by atoms with Crippen LogP contribution in [0.3, 0.4) is 0 Å². The van der Waals surface area contributed by atoms with E-state index in [0.717, 1.165) is 21.3 Å². The van der Waals surface area contributed by atoms with Gasteiger partial charge >= 0.3 is 0 Å². The molecule has 1 aromatic rings. The number of halogens is 3. The molecule has 1 saturated carbocycles. The zero-order valence-electron chi connectivity index (χ0n) is 7.64. The first-order valence-corrected chi connectivity index (χ1v) is 6.78. The van der Waals surface area contributed by atoms with Gasteiger partial charge in [0.15, 0.2) is 0 Å². The van der Waals surface area contributed by atoms with Crippen molar-refractivity contribution in [1.29, 1.82) is 0 Å². The van der Waals surface area contributed by atoms with E-state index in [2.05, 4.69) is 37.9 Å².